The normalized spacial score (nSPS) is 24.3. The second-order valence-electron chi connectivity index (χ2n) is 7.08. The molecule has 1 aromatic heterocycles. The standard InChI is InChI=1S/C16H13F4N3O4S/c1-28(25,26)9-2-3-11(17)10(4-9)12(24)23-6-8-5-15(8,7-23)13-21-14(27-22-13)16(18,19)20/h2-4,8H,5-7H2,1H3. The number of hydrogen-bond acceptors (Lipinski definition) is 6. The number of sulfone groups is 1. The van der Waals surface area contributed by atoms with Crippen molar-refractivity contribution in [2.75, 3.05) is 19.3 Å². The van der Waals surface area contributed by atoms with Gasteiger partial charge in [0.2, 0.25) is 0 Å². The highest BCUT2D eigenvalue weighted by atomic mass is 32.2. The first-order valence-electron chi connectivity index (χ1n) is 8.12. The predicted octanol–water partition coefficient (Wildman–Crippen LogP) is 2.04. The molecule has 1 aliphatic heterocycles. The van der Waals surface area contributed by atoms with Gasteiger partial charge in [-0.25, -0.2) is 12.8 Å². The molecule has 7 nitrogen and oxygen atoms in total. The Morgan fingerprint density at radius 2 is 2.07 bits per heavy atom. The van der Waals surface area contributed by atoms with Crippen LogP contribution in [0.25, 0.3) is 0 Å². The second kappa shape index (κ2) is 5.75. The molecule has 28 heavy (non-hydrogen) atoms. The van der Waals surface area contributed by atoms with Gasteiger partial charge in [0.15, 0.2) is 15.7 Å². The van der Waals surface area contributed by atoms with Crippen LogP contribution in [0.4, 0.5) is 17.6 Å². The van der Waals surface area contributed by atoms with E-state index in [1.807, 2.05) is 0 Å². The number of alkyl halides is 3. The van der Waals surface area contributed by atoms with E-state index in [-0.39, 0.29) is 29.7 Å². The molecule has 2 fully saturated rings. The molecule has 1 amide bonds. The molecular formula is C16H13F4N3O4S. The summed E-state index contributed by atoms with van der Waals surface area (Å²) in [5.41, 5.74) is -1.27. The summed E-state index contributed by atoms with van der Waals surface area (Å²) in [6, 6.07) is 2.91. The lowest BCUT2D eigenvalue weighted by atomic mass is 10.1. The first kappa shape index (κ1) is 18.8. The van der Waals surface area contributed by atoms with Gasteiger partial charge in [-0.1, -0.05) is 5.16 Å². The molecule has 12 heteroatoms. The van der Waals surface area contributed by atoms with Crippen molar-refractivity contribution in [3.8, 4) is 0 Å². The van der Waals surface area contributed by atoms with E-state index in [1.54, 1.807) is 0 Å². The number of rotatable bonds is 3. The largest absolute Gasteiger partial charge is 0.471 e. The molecular weight excluding hydrogens is 406 g/mol. The number of aromatic nitrogens is 2. The van der Waals surface area contributed by atoms with Crippen molar-refractivity contribution in [3.63, 3.8) is 0 Å². The average molecular weight is 419 g/mol. The van der Waals surface area contributed by atoms with Crippen molar-refractivity contribution in [1.82, 2.24) is 15.0 Å². The van der Waals surface area contributed by atoms with Crippen LogP contribution in [0.5, 0.6) is 0 Å². The molecule has 150 valence electrons. The monoisotopic (exact) mass is 419 g/mol. The number of carbonyl (C=O) groups is 1. The molecule has 0 spiro atoms. The maximum absolute atomic E-state index is 14.1. The summed E-state index contributed by atoms with van der Waals surface area (Å²) in [4.78, 5) is 17.2. The Balaban J connectivity index is 1.59. The molecule has 2 aliphatic rings. The van der Waals surface area contributed by atoms with Crippen molar-refractivity contribution >= 4 is 15.7 Å². The third-order valence-corrected chi connectivity index (χ3v) is 6.25. The molecule has 0 bridgehead atoms. The minimum absolute atomic E-state index is 0.00409. The van der Waals surface area contributed by atoms with Gasteiger partial charge in [-0.2, -0.15) is 18.2 Å². The third kappa shape index (κ3) is 2.95. The first-order chi connectivity index (χ1) is 12.9. The molecule has 2 atom stereocenters. The van der Waals surface area contributed by atoms with Crippen LogP contribution in [0, 0.1) is 11.7 Å². The Labute approximate surface area is 156 Å². The fourth-order valence-corrected chi connectivity index (χ4v) is 4.24. The van der Waals surface area contributed by atoms with Crippen LogP contribution in [-0.4, -0.2) is 48.7 Å². The lowest BCUT2D eigenvalue weighted by Crippen LogP contribution is -2.33. The number of carbonyl (C=O) groups excluding carboxylic acids is 1. The highest BCUT2D eigenvalue weighted by Gasteiger charge is 2.65. The van der Waals surface area contributed by atoms with Crippen LogP contribution in [0.1, 0.15) is 28.5 Å². The Morgan fingerprint density at radius 1 is 1.36 bits per heavy atom. The summed E-state index contributed by atoms with van der Waals surface area (Å²) < 4.78 is 79.7. The Kier molecular flexibility index (Phi) is 3.87. The molecule has 0 N–H and O–H groups in total. The van der Waals surface area contributed by atoms with Gasteiger partial charge in [-0.3, -0.25) is 4.79 Å². The maximum Gasteiger partial charge on any atom is 0.471 e. The number of halogens is 4. The Morgan fingerprint density at radius 3 is 2.68 bits per heavy atom. The molecule has 2 aromatic rings. The van der Waals surface area contributed by atoms with E-state index < -0.39 is 44.6 Å². The lowest BCUT2D eigenvalue weighted by Gasteiger charge is -2.20. The minimum Gasteiger partial charge on any atom is -0.337 e. The number of likely N-dealkylation sites (tertiary alicyclic amines) is 1. The van der Waals surface area contributed by atoms with E-state index in [2.05, 4.69) is 14.7 Å². The zero-order chi connectivity index (χ0) is 20.5. The van der Waals surface area contributed by atoms with E-state index in [1.165, 1.54) is 4.90 Å². The van der Waals surface area contributed by atoms with Crippen LogP contribution >= 0.6 is 0 Å². The average Bonchev–Trinajstić information content (AvgIpc) is 2.99. The van der Waals surface area contributed by atoms with E-state index in [0.29, 0.717) is 6.42 Å². The Bertz CT molecular complexity index is 1080. The third-order valence-electron chi connectivity index (χ3n) is 5.14. The SMILES string of the molecule is CS(=O)(=O)c1ccc(F)c(C(=O)N2CC3CC3(c3noc(C(F)(F)F)n3)C2)c1. The molecule has 4 rings (SSSR count). The fourth-order valence-electron chi connectivity index (χ4n) is 3.59. The van der Waals surface area contributed by atoms with Gasteiger partial charge in [-0.05, 0) is 30.5 Å². The first-order valence-corrected chi connectivity index (χ1v) is 10.0. The van der Waals surface area contributed by atoms with E-state index in [4.69, 9.17) is 0 Å². The maximum atomic E-state index is 14.1. The van der Waals surface area contributed by atoms with Crippen molar-refractivity contribution in [3.05, 3.63) is 41.3 Å². The van der Waals surface area contributed by atoms with Crippen LogP contribution in [0.2, 0.25) is 0 Å². The molecule has 1 saturated heterocycles. The molecule has 2 unspecified atom stereocenters. The quantitative estimate of drug-likeness (QED) is 0.559. The number of amides is 1. The van der Waals surface area contributed by atoms with Crippen molar-refractivity contribution < 1.29 is 35.3 Å². The number of nitrogens with zero attached hydrogens (tertiary/aromatic N) is 3. The van der Waals surface area contributed by atoms with Gasteiger partial charge < -0.3 is 9.42 Å². The molecule has 0 radical (unpaired) electrons. The van der Waals surface area contributed by atoms with Crippen LogP contribution in [0.3, 0.4) is 0 Å². The van der Waals surface area contributed by atoms with Crippen LogP contribution in [-0.2, 0) is 21.4 Å². The van der Waals surface area contributed by atoms with Crippen molar-refractivity contribution in [2.24, 2.45) is 5.92 Å². The summed E-state index contributed by atoms with van der Waals surface area (Å²) in [6.07, 6.45) is -3.35. The number of benzene rings is 1. The van der Waals surface area contributed by atoms with Gasteiger partial charge in [0, 0.05) is 19.3 Å². The van der Waals surface area contributed by atoms with E-state index in [9.17, 15) is 30.8 Å². The molecule has 1 aromatic carbocycles. The van der Waals surface area contributed by atoms with Gasteiger partial charge >= 0.3 is 12.1 Å². The van der Waals surface area contributed by atoms with Gasteiger partial charge in [0.1, 0.15) is 5.82 Å². The summed E-state index contributed by atoms with van der Waals surface area (Å²) in [5.74, 6) is -3.39. The summed E-state index contributed by atoms with van der Waals surface area (Å²) in [7, 11) is -3.64. The summed E-state index contributed by atoms with van der Waals surface area (Å²) in [6.45, 7) is 0.174. The lowest BCUT2D eigenvalue weighted by molar-refractivity contribution is -0.159. The number of hydrogen-bond donors (Lipinski definition) is 0. The van der Waals surface area contributed by atoms with Gasteiger partial charge in [0.05, 0.1) is 15.9 Å². The second-order valence-corrected chi connectivity index (χ2v) is 9.09. The van der Waals surface area contributed by atoms with E-state index in [0.717, 1.165) is 24.5 Å². The fraction of sp³-hybridized carbons (Fsp3) is 0.438. The zero-order valence-corrected chi connectivity index (χ0v) is 15.1. The molecule has 1 aliphatic carbocycles. The topological polar surface area (TPSA) is 93.4 Å². The van der Waals surface area contributed by atoms with Crippen molar-refractivity contribution in [1.29, 1.82) is 0 Å². The predicted molar refractivity (Wildman–Crippen MR) is 84.5 cm³/mol. The number of fused-ring (bicyclic) bond motifs is 1. The smallest absolute Gasteiger partial charge is 0.337 e. The van der Waals surface area contributed by atoms with Crippen LogP contribution < -0.4 is 0 Å². The summed E-state index contributed by atoms with van der Waals surface area (Å²) >= 11 is 0. The summed E-state index contributed by atoms with van der Waals surface area (Å²) in [5, 5.41) is 3.41. The zero-order valence-electron chi connectivity index (χ0n) is 14.3. The van der Waals surface area contributed by atoms with Gasteiger partial charge in [-0.15, -0.1) is 0 Å². The van der Waals surface area contributed by atoms with E-state index >= 15 is 0 Å². The van der Waals surface area contributed by atoms with Crippen LogP contribution in [0.15, 0.2) is 27.6 Å². The number of piperidine rings is 1. The highest BCUT2D eigenvalue weighted by molar-refractivity contribution is 7.90. The van der Waals surface area contributed by atoms with Crippen molar-refractivity contribution in [2.45, 2.75) is 22.9 Å². The minimum atomic E-state index is -4.77. The highest BCUT2D eigenvalue weighted by Crippen LogP contribution is 2.58. The van der Waals surface area contributed by atoms with Gasteiger partial charge in [0.25, 0.3) is 5.91 Å². The molecule has 1 saturated carbocycles. The Hall–Kier alpha value is -2.50. The molecule has 2 heterocycles.